The Morgan fingerprint density at radius 2 is 1.93 bits per heavy atom. The summed E-state index contributed by atoms with van der Waals surface area (Å²) in [5, 5.41) is 6.80. The molecule has 2 aliphatic rings. The third-order valence-corrected chi connectivity index (χ3v) is 5.75. The number of nitrogens with one attached hydrogen (secondary N) is 2. The van der Waals surface area contributed by atoms with Gasteiger partial charge in [0, 0.05) is 45.6 Å². The van der Waals surface area contributed by atoms with Gasteiger partial charge in [0.1, 0.15) is 0 Å². The summed E-state index contributed by atoms with van der Waals surface area (Å²) in [4.78, 5) is 7.38. The van der Waals surface area contributed by atoms with Crippen LogP contribution >= 0.6 is 0 Å². The molecule has 0 spiro atoms. The van der Waals surface area contributed by atoms with Crippen LogP contribution in [0, 0.1) is 11.8 Å². The van der Waals surface area contributed by atoms with Crippen molar-refractivity contribution in [2.75, 3.05) is 59.2 Å². The van der Waals surface area contributed by atoms with Crippen LogP contribution < -0.4 is 10.6 Å². The smallest absolute Gasteiger partial charge is 0.191 e. The maximum Gasteiger partial charge on any atom is 0.191 e. The van der Waals surface area contributed by atoms with Crippen LogP contribution in [0.25, 0.3) is 0 Å². The molecule has 6 nitrogen and oxygen atoms in total. The van der Waals surface area contributed by atoms with E-state index >= 15 is 0 Å². The number of aliphatic imine (C=N–C) groups is 1. The molecule has 2 saturated heterocycles. The van der Waals surface area contributed by atoms with Gasteiger partial charge in [0.25, 0.3) is 0 Å². The molecule has 0 amide bonds. The van der Waals surface area contributed by atoms with E-state index < -0.39 is 0 Å². The Bertz CT molecular complexity index is 405. The van der Waals surface area contributed by atoms with Crippen molar-refractivity contribution in [1.29, 1.82) is 0 Å². The lowest BCUT2D eigenvalue weighted by atomic mass is 9.98. The van der Waals surface area contributed by atoms with E-state index in [1.807, 2.05) is 0 Å². The van der Waals surface area contributed by atoms with Crippen molar-refractivity contribution in [3.63, 3.8) is 0 Å². The van der Waals surface area contributed by atoms with Crippen molar-refractivity contribution in [3.8, 4) is 0 Å². The number of piperidine rings is 1. The maximum atomic E-state index is 5.84. The van der Waals surface area contributed by atoms with Crippen molar-refractivity contribution < 1.29 is 9.47 Å². The molecule has 0 aromatic heterocycles. The lowest BCUT2D eigenvalue weighted by Gasteiger charge is -2.34. The second-order valence-corrected chi connectivity index (χ2v) is 8.20. The largest absolute Gasteiger partial charge is 0.381 e. The van der Waals surface area contributed by atoms with Crippen LogP contribution in [-0.4, -0.2) is 76.1 Å². The zero-order valence-electron chi connectivity index (χ0n) is 17.8. The van der Waals surface area contributed by atoms with Crippen molar-refractivity contribution in [1.82, 2.24) is 15.5 Å². The zero-order valence-corrected chi connectivity index (χ0v) is 17.8. The Hall–Kier alpha value is -0.850. The van der Waals surface area contributed by atoms with E-state index in [0.717, 1.165) is 77.2 Å². The van der Waals surface area contributed by atoms with E-state index in [0.29, 0.717) is 12.0 Å². The first-order valence-corrected chi connectivity index (χ1v) is 11.1. The molecule has 2 N–H and O–H groups in total. The summed E-state index contributed by atoms with van der Waals surface area (Å²) in [6, 6.07) is 0.510. The molecule has 27 heavy (non-hydrogen) atoms. The van der Waals surface area contributed by atoms with Crippen molar-refractivity contribution in [3.05, 3.63) is 0 Å². The van der Waals surface area contributed by atoms with Gasteiger partial charge < -0.3 is 20.1 Å². The average Bonchev–Trinajstić information content (AvgIpc) is 2.69. The number of likely N-dealkylation sites (tertiary alicyclic amines) is 1. The summed E-state index contributed by atoms with van der Waals surface area (Å²) in [6.45, 7) is 15.3. The minimum Gasteiger partial charge on any atom is -0.381 e. The molecule has 0 bridgehead atoms. The van der Waals surface area contributed by atoms with Crippen LogP contribution in [0.2, 0.25) is 0 Å². The van der Waals surface area contributed by atoms with E-state index in [1.54, 1.807) is 0 Å². The number of hydrogen-bond donors (Lipinski definition) is 2. The minimum absolute atomic E-state index is 0.510. The summed E-state index contributed by atoms with van der Waals surface area (Å²) in [5.41, 5.74) is 0. The van der Waals surface area contributed by atoms with Gasteiger partial charge in [-0.2, -0.15) is 0 Å². The van der Waals surface area contributed by atoms with E-state index in [9.17, 15) is 0 Å². The van der Waals surface area contributed by atoms with E-state index in [1.165, 1.54) is 25.9 Å². The molecule has 2 fully saturated rings. The number of ether oxygens (including phenoxy) is 2. The summed E-state index contributed by atoms with van der Waals surface area (Å²) in [7, 11) is 0. The highest BCUT2D eigenvalue weighted by Gasteiger charge is 2.20. The molecule has 1 unspecified atom stereocenters. The Labute approximate surface area is 166 Å². The van der Waals surface area contributed by atoms with Gasteiger partial charge >= 0.3 is 0 Å². The standard InChI is InChI=1S/C21H42N4O2/c1-4-22-21(24-16-19(3)25-11-6-18(2)7-12-25)23-10-5-13-27-17-20-8-14-26-15-9-20/h18-20H,4-17H2,1-3H3,(H2,22,23,24). The van der Waals surface area contributed by atoms with Crippen molar-refractivity contribution in [2.45, 2.75) is 58.9 Å². The maximum absolute atomic E-state index is 5.84. The fourth-order valence-electron chi connectivity index (χ4n) is 3.69. The fraction of sp³-hybridized carbons (Fsp3) is 0.952. The van der Waals surface area contributed by atoms with Crippen LogP contribution in [0.4, 0.5) is 0 Å². The number of rotatable bonds is 10. The molecule has 2 rings (SSSR count). The zero-order chi connectivity index (χ0) is 19.3. The highest BCUT2D eigenvalue weighted by atomic mass is 16.5. The highest BCUT2D eigenvalue weighted by molar-refractivity contribution is 5.79. The van der Waals surface area contributed by atoms with Crippen molar-refractivity contribution >= 4 is 5.96 Å². The van der Waals surface area contributed by atoms with Crippen molar-refractivity contribution in [2.24, 2.45) is 16.8 Å². The second kappa shape index (κ2) is 13.3. The second-order valence-electron chi connectivity index (χ2n) is 8.20. The molecule has 6 heteroatoms. The monoisotopic (exact) mass is 382 g/mol. The molecular formula is C21H42N4O2. The summed E-state index contributed by atoms with van der Waals surface area (Å²) < 4.78 is 11.2. The van der Waals surface area contributed by atoms with Crippen LogP contribution in [0.5, 0.6) is 0 Å². The van der Waals surface area contributed by atoms with E-state index in [4.69, 9.17) is 14.5 Å². The van der Waals surface area contributed by atoms with Gasteiger partial charge in [0.05, 0.1) is 6.54 Å². The topological polar surface area (TPSA) is 58.1 Å². The number of nitrogens with zero attached hydrogens (tertiary/aromatic N) is 2. The molecule has 158 valence electrons. The first kappa shape index (κ1) is 22.4. The number of hydrogen-bond acceptors (Lipinski definition) is 4. The molecule has 1 atom stereocenters. The summed E-state index contributed by atoms with van der Waals surface area (Å²) >= 11 is 0. The molecule has 2 heterocycles. The predicted octanol–water partition coefficient (Wildman–Crippen LogP) is 2.50. The van der Waals surface area contributed by atoms with E-state index in [-0.39, 0.29) is 0 Å². The molecular weight excluding hydrogens is 340 g/mol. The van der Waals surface area contributed by atoms with Gasteiger partial charge in [0.2, 0.25) is 0 Å². The van der Waals surface area contributed by atoms with Gasteiger partial charge in [0.15, 0.2) is 5.96 Å². The third kappa shape index (κ3) is 9.26. The van der Waals surface area contributed by atoms with Gasteiger partial charge in [-0.1, -0.05) is 6.92 Å². The Kier molecular flexibility index (Phi) is 11.1. The Morgan fingerprint density at radius 3 is 2.63 bits per heavy atom. The number of guanidine groups is 1. The van der Waals surface area contributed by atoms with Crippen LogP contribution in [0.15, 0.2) is 4.99 Å². The summed E-state index contributed by atoms with van der Waals surface area (Å²) in [5.74, 6) is 2.49. The van der Waals surface area contributed by atoms with Gasteiger partial charge in [-0.05, 0) is 70.9 Å². The fourth-order valence-corrected chi connectivity index (χ4v) is 3.69. The molecule has 0 aromatic carbocycles. The molecule has 0 aromatic rings. The minimum atomic E-state index is 0.510. The Morgan fingerprint density at radius 1 is 1.19 bits per heavy atom. The first-order chi connectivity index (χ1) is 13.2. The van der Waals surface area contributed by atoms with Gasteiger partial charge in [-0.15, -0.1) is 0 Å². The van der Waals surface area contributed by atoms with Crippen LogP contribution in [-0.2, 0) is 9.47 Å². The highest BCUT2D eigenvalue weighted by Crippen LogP contribution is 2.18. The predicted molar refractivity (Wildman–Crippen MR) is 112 cm³/mol. The summed E-state index contributed by atoms with van der Waals surface area (Å²) in [6.07, 6.45) is 5.93. The van der Waals surface area contributed by atoms with Crippen LogP contribution in [0.3, 0.4) is 0 Å². The molecule has 2 aliphatic heterocycles. The quantitative estimate of drug-likeness (QED) is 0.345. The van der Waals surface area contributed by atoms with E-state index in [2.05, 4.69) is 36.3 Å². The Balaban J connectivity index is 1.58. The average molecular weight is 383 g/mol. The normalized spacial score (nSPS) is 22.0. The first-order valence-electron chi connectivity index (χ1n) is 11.1. The molecule has 0 radical (unpaired) electrons. The SMILES string of the molecule is CCNC(=NCC(C)N1CCC(C)CC1)NCCCOCC1CCOCC1. The third-order valence-electron chi connectivity index (χ3n) is 5.75. The van der Waals surface area contributed by atoms with Crippen LogP contribution in [0.1, 0.15) is 52.9 Å². The lowest BCUT2D eigenvalue weighted by Crippen LogP contribution is -2.43. The molecule has 0 saturated carbocycles. The molecule has 0 aliphatic carbocycles. The van der Waals surface area contributed by atoms with Gasteiger partial charge in [-0.25, -0.2) is 0 Å². The lowest BCUT2D eigenvalue weighted by molar-refractivity contribution is 0.0203. The van der Waals surface area contributed by atoms with Gasteiger partial charge in [-0.3, -0.25) is 9.89 Å².